The third-order valence-electron chi connectivity index (χ3n) is 13.1. The zero-order chi connectivity index (χ0) is 48.8. The van der Waals surface area contributed by atoms with Gasteiger partial charge >= 0.3 is 11.9 Å². The summed E-state index contributed by atoms with van der Waals surface area (Å²) in [6.07, 6.45) is 10.6. The molecule has 68 heavy (non-hydrogen) atoms. The summed E-state index contributed by atoms with van der Waals surface area (Å²) in [4.78, 5) is 25.0. The lowest BCUT2D eigenvalue weighted by atomic mass is 9.81. The number of carboxylic acids is 2. The Morgan fingerprint density at radius 2 is 1.26 bits per heavy atom. The minimum absolute atomic E-state index is 0.157. The van der Waals surface area contributed by atoms with Crippen LogP contribution in [0.3, 0.4) is 0 Å². The zero-order valence-corrected chi connectivity index (χ0v) is 39.6. The van der Waals surface area contributed by atoms with Crippen molar-refractivity contribution in [3.05, 3.63) is 201 Å². The fourth-order valence-electron chi connectivity index (χ4n) is 9.47. The van der Waals surface area contributed by atoms with Gasteiger partial charge in [0.2, 0.25) is 5.69 Å². The Morgan fingerprint density at radius 1 is 0.676 bits per heavy atom. The molecule has 0 saturated heterocycles. The van der Waals surface area contributed by atoms with E-state index < -0.39 is 43.0 Å². The summed E-state index contributed by atoms with van der Waals surface area (Å²) < 4.78 is 71.6. The van der Waals surface area contributed by atoms with Gasteiger partial charge in [-0.1, -0.05) is 80.6 Å². The molecule has 2 aliphatic heterocycles. The summed E-state index contributed by atoms with van der Waals surface area (Å²) in [5, 5.41) is 22.8. The van der Waals surface area contributed by atoms with E-state index in [1.165, 1.54) is 24.3 Å². The van der Waals surface area contributed by atoms with Crippen molar-refractivity contribution >= 4 is 49.3 Å². The molecule has 15 heteroatoms. The first-order valence-electron chi connectivity index (χ1n) is 22.0. The van der Waals surface area contributed by atoms with Gasteiger partial charge < -0.3 is 20.4 Å². The monoisotopic (exact) mass is 954 g/mol. The number of fused-ring (bicyclic) bond motifs is 2. The average Bonchev–Trinajstić information content (AvgIpc) is 3.63. The highest BCUT2D eigenvalue weighted by Gasteiger charge is 2.45. The van der Waals surface area contributed by atoms with Crippen LogP contribution in [0.15, 0.2) is 172 Å². The number of allylic oxidation sites excluding steroid dienone is 7. The maximum absolute atomic E-state index is 12.4. The van der Waals surface area contributed by atoms with Crippen LogP contribution < -0.4 is 10.2 Å². The number of nitrogens with zero attached hydrogens (tertiary/aromatic N) is 2. The number of carboxylic acid groups (broad SMARTS) is 2. The van der Waals surface area contributed by atoms with Crippen molar-refractivity contribution in [3.63, 3.8) is 0 Å². The third kappa shape index (κ3) is 9.60. The molecule has 3 aliphatic rings. The lowest BCUT2D eigenvalue weighted by Gasteiger charge is -2.28. The molecule has 0 amide bonds. The molecular weight excluding hydrogens is 903 g/mol. The predicted molar refractivity (Wildman–Crippen MR) is 260 cm³/mol. The Hall–Kier alpha value is -6.91. The summed E-state index contributed by atoms with van der Waals surface area (Å²) in [6.45, 7) is 9.23. The summed E-state index contributed by atoms with van der Waals surface area (Å²) in [5.41, 5.74) is 9.20. The molecule has 5 aromatic carbocycles. The van der Waals surface area contributed by atoms with E-state index in [0.29, 0.717) is 30.8 Å². The van der Waals surface area contributed by atoms with Gasteiger partial charge in [-0.05, 0) is 122 Å². The molecule has 1 aliphatic carbocycles. The molecule has 0 saturated carbocycles. The van der Waals surface area contributed by atoms with Gasteiger partial charge in [-0.2, -0.15) is 21.4 Å². The number of aromatic carboxylic acids is 2. The lowest BCUT2D eigenvalue weighted by molar-refractivity contribution is -0.455. The molecule has 0 bridgehead atoms. The number of hydrogen-bond acceptors (Lipinski definition) is 8. The maximum Gasteiger partial charge on any atom is 0.335 e. The van der Waals surface area contributed by atoms with Crippen LogP contribution in [0.4, 0.5) is 11.4 Å². The van der Waals surface area contributed by atoms with Crippen LogP contribution in [0.25, 0.3) is 0 Å². The quantitative estimate of drug-likeness (QED) is 0.0522. The van der Waals surface area contributed by atoms with Crippen LogP contribution in [0.1, 0.15) is 95.5 Å². The lowest BCUT2D eigenvalue weighted by Crippen LogP contribution is -2.28. The van der Waals surface area contributed by atoms with Gasteiger partial charge in [0, 0.05) is 58.9 Å². The fourth-order valence-corrected chi connectivity index (χ4v) is 10.5. The molecule has 0 atom stereocenters. The molecule has 0 unspecified atom stereocenters. The zero-order valence-electron chi connectivity index (χ0n) is 38.0. The minimum atomic E-state index is -4.50. The van der Waals surface area contributed by atoms with Crippen LogP contribution in [0.2, 0.25) is 0 Å². The first-order chi connectivity index (χ1) is 32.1. The van der Waals surface area contributed by atoms with Crippen LogP contribution >= 0.6 is 0 Å². The summed E-state index contributed by atoms with van der Waals surface area (Å²) in [7, 11) is -9.01. The molecule has 0 radical (unpaired) electrons. The molecule has 5 N–H and O–H groups in total. The van der Waals surface area contributed by atoms with E-state index in [1.807, 2.05) is 58.0 Å². The highest BCUT2D eigenvalue weighted by Crippen LogP contribution is 2.49. The Morgan fingerprint density at radius 3 is 1.87 bits per heavy atom. The van der Waals surface area contributed by atoms with Crippen molar-refractivity contribution in [3.8, 4) is 0 Å². The van der Waals surface area contributed by atoms with Gasteiger partial charge in [-0.3, -0.25) is 9.11 Å². The normalized spacial score (nSPS) is 17.8. The molecule has 0 spiro atoms. The van der Waals surface area contributed by atoms with Gasteiger partial charge in [-0.25, -0.2) is 9.59 Å². The summed E-state index contributed by atoms with van der Waals surface area (Å²) in [6, 6.07) is 32.4. The molecule has 0 fully saturated rings. The fraction of sp³-hybridized carbons (Fsp3) is 0.226. The van der Waals surface area contributed by atoms with Crippen LogP contribution in [0.5, 0.6) is 0 Å². The molecule has 8 rings (SSSR count). The first-order valence-corrected chi connectivity index (χ1v) is 24.9. The number of rotatable bonds is 14. The highest BCUT2D eigenvalue weighted by atomic mass is 32.2. The van der Waals surface area contributed by atoms with Gasteiger partial charge in [0.05, 0.1) is 26.3 Å². The van der Waals surface area contributed by atoms with Crippen molar-refractivity contribution in [2.45, 2.75) is 87.2 Å². The van der Waals surface area contributed by atoms with E-state index in [-0.39, 0.29) is 20.9 Å². The van der Waals surface area contributed by atoms with Gasteiger partial charge in [0.1, 0.15) is 0 Å². The predicted octanol–water partition coefficient (Wildman–Crippen LogP) is 9.75. The van der Waals surface area contributed by atoms with Crippen molar-refractivity contribution in [2.24, 2.45) is 0 Å². The Bertz CT molecular complexity index is 3240. The number of anilines is 1. The SMILES string of the molecule is CC1(C)C(/C=C/C2=C(NCc3ccccc3)C(=C\C=C3\N(Cc4ccc(C(=O)O)cc4)c4ccc(S(=O)(=O)O)cc4C3(C)C)/CCC2)=[N+](Cc2ccc(C(=O)O)cc2)c2ccc(S(=O)(=O)O)cc21. The summed E-state index contributed by atoms with van der Waals surface area (Å²) in [5.74, 6) is -2.07. The molecular formula is C53H52N3O10S2+. The van der Waals surface area contributed by atoms with E-state index in [0.717, 1.165) is 75.6 Å². The Labute approximate surface area is 396 Å². The van der Waals surface area contributed by atoms with E-state index in [1.54, 1.807) is 60.7 Å². The number of hydrogen-bond donors (Lipinski definition) is 5. The van der Waals surface area contributed by atoms with Crippen molar-refractivity contribution < 1.29 is 50.3 Å². The van der Waals surface area contributed by atoms with Crippen LogP contribution in [-0.2, 0) is 50.7 Å². The number of carbonyl (C=O) groups is 2. The van der Waals surface area contributed by atoms with E-state index in [2.05, 4.69) is 39.1 Å². The van der Waals surface area contributed by atoms with Crippen molar-refractivity contribution in [2.75, 3.05) is 4.90 Å². The molecule has 0 aromatic heterocycles. The topological polar surface area (TPSA) is 202 Å². The highest BCUT2D eigenvalue weighted by molar-refractivity contribution is 7.86. The number of benzene rings is 5. The van der Waals surface area contributed by atoms with E-state index >= 15 is 0 Å². The second-order valence-electron chi connectivity index (χ2n) is 18.3. The minimum Gasteiger partial charge on any atom is -0.478 e. The molecule has 350 valence electrons. The van der Waals surface area contributed by atoms with Gasteiger partial charge in [0.25, 0.3) is 20.2 Å². The van der Waals surface area contributed by atoms with Crippen LogP contribution in [-0.4, -0.2) is 58.4 Å². The average molecular weight is 955 g/mol. The van der Waals surface area contributed by atoms with E-state index in [9.17, 15) is 45.7 Å². The maximum atomic E-state index is 12.4. The van der Waals surface area contributed by atoms with Crippen molar-refractivity contribution in [1.82, 2.24) is 5.32 Å². The third-order valence-corrected chi connectivity index (χ3v) is 14.8. The largest absolute Gasteiger partial charge is 0.478 e. The van der Waals surface area contributed by atoms with Gasteiger partial charge in [0.15, 0.2) is 12.3 Å². The first kappa shape index (κ1) is 47.6. The van der Waals surface area contributed by atoms with E-state index in [4.69, 9.17) is 0 Å². The standard InChI is InChI=1S/C53H51N3O10S2/c1-52(2)43-29-41(67(61,62)63)23-25-45(43)55(32-35-13-17-39(18-14-35)50(57)58)47(52)27-21-37-11-8-12-38(49(37)54-31-34-9-6-5-7-10-34)22-28-48-53(3,4)44-30-42(68(64,65)66)24-26-46(44)56(48)33-36-15-19-40(20-16-36)51(59)60/h5-7,9-10,13-30H,8,11-12,31-33H2,1-4H3,(H4,57,58,59,60,61,62,63,64,65,66)/p+1/b37-21-,47-27+. The molecule has 13 nitrogen and oxygen atoms in total. The van der Waals surface area contributed by atoms with Crippen molar-refractivity contribution in [1.29, 1.82) is 0 Å². The second kappa shape index (κ2) is 18.3. The number of nitrogens with one attached hydrogen (secondary N) is 1. The Balaban J connectivity index is 1.24. The van der Waals surface area contributed by atoms with Crippen LogP contribution in [0, 0.1) is 0 Å². The Kier molecular flexibility index (Phi) is 12.8. The molecule has 2 heterocycles. The summed E-state index contributed by atoms with van der Waals surface area (Å²) >= 11 is 0. The smallest absolute Gasteiger partial charge is 0.335 e. The van der Waals surface area contributed by atoms with Gasteiger partial charge in [-0.15, -0.1) is 0 Å². The molecule has 5 aromatic rings. The second-order valence-corrected chi connectivity index (χ2v) is 21.1.